The van der Waals surface area contributed by atoms with Crippen molar-refractivity contribution in [2.75, 3.05) is 0 Å². The summed E-state index contributed by atoms with van der Waals surface area (Å²) >= 11 is 6.38. The van der Waals surface area contributed by atoms with Crippen LogP contribution in [0.1, 0.15) is 49.9 Å². The van der Waals surface area contributed by atoms with Crippen molar-refractivity contribution in [3.05, 3.63) is 53.1 Å². The fourth-order valence-electron chi connectivity index (χ4n) is 3.93. The molecule has 0 aliphatic heterocycles. The summed E-state index contributed by atoms with van der Waals surface area (Å²) in [4.78, 5) is 18.4. The molecule has 1 fully saturated rings. The highest BCUT2D eigenvalue weighted by molar-refractivity contribution is 6.31. The molecule has 5 rings (SSSR count). The van der Waals surface area contributed by atoms with E-state index >= 15 is 0 Å². The molecule has 0 N–H and O–H groups in total. The van der Waals surface area contributed by atoms with Crippen LogP contribution >= 0.6 is 11.6 Å². The van der Waals surface area contributed by atoms with Gasteiger partial charge >= 0.3 is 0 Å². The maximum Gasteiger partial charge on any atom is 0.164 e. The first kappa shape index (κ1) is 19.2. The molecule has 1 aliphatic rings. The molecule has 4 aromatic heterocycles. The Bertz CT molecular complexity index is 1220. The molecule has 1 aliphatic carbocycles. The second-order valence-electron chi connectivity index (χ2n) is 8.33. The first-order valence-corrected chi connectivity index (χ1v) is 10.7. The Morgan fingerprint density at radius 3 is 2.77 bits per heavy atom. The molecule has 0 saturated heterocycles. The predicted octanol–water partition coefficient (Wildman–Crippen LogP) is 4.63. The van der Waals surface area contributed by atoms with Crippen LogP contribution in [0.4, 0.5) is 0 Å². The number of imidazole rings is 1. The van der Waals surface area contributed by atoms with Crippen LogP contribution in [-0.2, 0) is 13.0 Å². The summed E-state index contributed by atoms with van der Waals surface area (Å²) in [7, 11) is 0. The molecule has 0 bridgehead atoms. The van der Waals surface area contributed by atoms with Gasteiger partial charge in [0, 0.05) is 37.1 Å². The Balaban J connectivity index is 1.43. The lowest BCUT2D eigenvalue weighted by Crippen LogP contribution is -2.03. The van der Waals surface area contributed by atoms with Gasteiger partial charge in [0.05, 0.1) is 23.0 Å². The van der Waals surface area contributed by atoms with Crippen LogP contribution < -0.4 is 0 Å². The lowest BCUT2D eigenvalue weighted by atomic mass is 10.2. The number of fused-ring (bicyclic) bond motifs is 1. The number of aryl methyl sites for hydroxylation is 1. The summed E-state index contributed by atoms with van der Waals surface area (Å²) in [5.74, 6) is 2.33. The van der Waals surface area contributed by atoms with Crippen LogP contribution in [-0.4, -0.2) is 34.3 Å². The SMILES string of the molecule is Cc1nc2cnc(Cc3ccnc(-c4cn(CC5CC5)nc4Cl)n3)cc2n1C(C)C. The second kappa shape index (κ2) is 7.47. The molecule has 0 radical (unpaired) electrons. The largest absolute Gasteiger partial charge is 0.326 e. The molecule has 0 unspecified atom stereocenters. The number of hydrogen-bond acceptors (Lipinski definition) is 5. The molecule has 154 valence electrons. The lowest BCUT2D eigenvalue weighted by Gasteiger charge is -2.11. The van der Waals surface area contributed by atoms with E-state index in [9.17, 15) is 0 Å². The number of aromatic nitrogens is 7. The van der Waals surface area contributed by atoms with Gasteiger partial charge in [0.1, 0.15) is 11.3 Å². The molecule has 4 aromatic rings. The molecular weight excluding hydrogens is 398 g/mol. The maximum absolute atomic E-state index is 6.38. The normalized spacial score (nSPS) is 14.2. The molecule has 0 atom stereocenters. The van der Waals surface area contributed by atoms with E-state index in [1.165, 1.54) is 12.8 Å². The van der Waals surface area contributed by atoms with Gasteiger partial charge in [0.15, 0.2) is 11.0 Å². The average Bonchev–Trinajstić information content (AvgIpc) is 3.34. The van der Waals surface area contributed by atoms with Gasteiger partial charge in [0.25, 0.3) is 0 Å². The first-order valence-electron chi connectivity index (χ1n) is 10.4. The molecule has 0 spiro atoms. The summed E-state index contributed by atoms with van der Waals surface area (Å²) in [6, 6.07) is 4.37. The second-order valence-corrected chi connectivity index (χ2v) is 8.69. The fourth-order valence-corrected chi connectivity index (χ4v) is 4.16. The van der Waals surface area contributed by atoms with Gasteiger partial charge in [-0.2, -0.15) is 5.10 Å². The van der Waals surface area contributed by atoms with Crippen LogP contribution in [0.5, 0.6) is 0 Å². The summed E-state index contributed by atoms with van der Waals surface area (Å²) in [5.41, 5.74) is 4.64. The van der Waals surface area contributed by atoms with E-state index in [2.05, 4.69) is 44.5 Å². The van der Waals surface area contributed by atoms with Crippen molar-refractivity contribution in [3.8, 4) is 11.4 Å². The summed E-state index contributed by atoms with van der Waals surface area (Å²) in [6.45, 7) is 7.27. The van der Waals surface area contributed by atoms with Crippen molar-refractivity contribution < 1.29 is 0 Å². The number of halogens is 1. The highest BCUT2D eigenvalue weighted by atomic mass is 35.5. The van der Waals surface area contributed by atoms with Crippen molar-refractivity contribution >= 4 is 22.6 Å². The van der Waals surface area contributed by atoms with Gasteiger partial charge in [-0.15, -0.1) is 0 Å². The number of hydrogen-bond donors (Lipinski definition) is 0. The van der Waals surface area contributed by atoms with Crippen LogP contribution in [0.15, 0.2) is 30.7 Å². The number of nitrogens with zero attached hydrogens (tertiary/aromatic N) is 7. The van der Waals surface area contributed by atoms with Crippen molar-refractivity contribution in [3.63, 3.8) is 0 Å². The summed E-state index contributed by atoms with van der Waals surface area (Å²) < 4.78 is 4.15. The smallest absolute Gasteiger partial charge is 0.164 e. The topological polar surface area (TPSA) is 74.3 Å². The molecule has 0 aromatic carbocycles. The third kappa shape index (κ3) is 3.69. The van der Waals surface area contributed by atoms with Crippen molar-refractivity contribution in [2.24, 2.45) is 5.92 Å². The van der Waals surface area contributed by atoms with Gasteiger partial charge < -0.3 is 4.57 Å². The van der Waals surface area contributed by atoms with Crippen molar-refractivity contribution in [1.29, 1.82) is 0 Å². The van der Waals surface area contributed by atoms with E-state index in [1.54, 1.807) is 6.20 Å². The minimum absolute atomic E-state index is 0.338. The Hall–Kier alpha value is -2.80. The molecule has 4 heterocycles. The van der Waals surface area contributed by atoms with Crippen LogP contribution in [0.2, 0.25) is 5.15 Å². The van der Waals surface area contributed by atoms with Crippen molar-refractivity contribution in [1.82, 2.24) is 34.3 Å². The van der Waals surface area contributed by atoms with E-state index < -0.39 is 0 Å². The molecule has 0 amide bonds. The first-order chi connectivity index (χ1) is 14.5. The van der Waals surface area contributed by atoms with Gasteiger partial charge in [-0.05, 0) is 51.7 Å². The average molecular weight is 422 g/mol. The van der Waals surface area contributed by atoms with E-state index in [0.717, 1.165) is 46.3 Å². The zero-order valence-corrected chi connectivity index (χ0v) is 18.1. The molecule has 8 heteroatoms. The summed E-state index contributed by atoms with van der Waals surface area (Å²) in [5, 5.41) is 4.87. The predicted molar refractivity (Wildman–Crippen MR) is 116 cm³/mol. The van der Waals surface area contributed by atoms with Gasteiger partial charge in [-0.1, -0.05) is 11.6 Å². The summed E-state index contributed by atoms with van der Waals surface area (Å²) in [6.07, 6.45) is 8.72. The zero-order valence-electron chi connectivity index (χ0n) is 17.4. The zero-order chi connectivity index (χ0) is 20.8. The monoisotopic (exact) mass is 421 g/mol. The number of rotatable bonds is 6. The number of pyridine rings is 1. The van der Waals surface area contributed by atoms with E-state index in [4.69, 9.17) is 16.6 Å². The third-order valence-corrected chi connectivity index (χ3v) is 5.78. The minimum atomic E-state index is 0.338. The van der Waals surface area contributed by atoms with Crippen molar-refractivity contribution in [2.45, 2.75) is 52.6 Å². The Labute approximate surface area is 180 Å². The Kier molecular flexibility index (Phi) is 4.77. The Morgan fingerprint density at radius 1 is 1.17 bits per heavy atom. The quantitative estimate of drug-likeness (QED) is 0.453. The molecule has 1 saturated carbocycles. The van der Waals surface area contributed by atoms with Crippen LogP contribution in [0, 0.1) is 12.8 Å². The highest BCUT2D eigenvalue weighted by Gasteiger charge is 2.23. The molecular formula is C22H24ClN7. The lowest BCUT2D eigenvalue weighted by molar-refractivity contribution is 0.563. The van der Waals surface area contributed by atoms with E-state index in [1.807, 2.05) is 30.1 Å². The molecule has 30 heavy (non-hydrogen) atoms. The molecule has 7 nitrogen and oxygen atoms in total. The van der Waals surface area contributed by atoms with Gasteiger partial charge in [-0.25, -0.2) is 15.0 Å². The standard InChI is InChI=1S/C22H24ClN7/c1-13(2)30-14(3)26-19-10-25-17(9-20(19)30)8-16-6-7-24-22(27-16)18-12-29(28-21(18)23)11-15-4-5-15/h6-7,9-10,12-13,15H,4-5,8,11H2,1-3H3. The highest BCUT2D eigenvalue weighted by Crippen LogP contribution is 2.32. The van der Waals surface area contributed by atoms with Crippen LogP contribution in [0.25, 0.3) is 22.4 Å². The van der Waals surface area contributed by atoms with Gasteiger partial charge in [-0.3, -0.25) is 9.67 Å². The van der Waals surface area contributed by atoms with Crippen LogP contribution in [0.3, 0.4) is 0 Å². The van der Waals surface area contributed by atoms with E-state index in [-0.39, 0.29) is 0 Å². The Morgan fingerprint density at radius 2 is 2.00 bits per heavy atom. The minimum Gasteiger partial charge on any atom is -0.326 e. The fraction of sp³-hybridized carbons (Fsp3) is 0.409. The maximum atomic E-state index is 6.38. The van der Waals surface area contributed by atoms with E-state index in [0.29, 0.717) is 23.4 Å². The third-order valence-electron chi connectivity index (χ3n) is 5.50. The van der Waals surface area contributed by atoms with Gasteiger partial charge in [0.2, 0.25) is 0 Å².